The molecule has 2 fully saturated rings. The lowest BCUT2D eigenvalue weighted by Gasteiger charge is -2.34. The highest BCUT2D eigenvalue weighted by molar-refractivity contribution is 5.77. The molecule has 1 saturated heterocycles. The summed E-state index contributed by atoms with van der Waals surface area (Å²) in [4.78, 5) is 19.3. The summed E-state index contributed by atoms with van der Waals surface area (Å²) in [6, 6.07) is 6.63. The molecule has 1 aliphatic carbocycles. The number of carbonyl (C=O) groups is 1. The molecule has 1 aromatic heterocycles. The van der Waals surface area contributed by atoms with E-state index in [4.69, 9.17) is 4.42 Å². The van der Waals surface area contributed by atoms with Crippen molar-refractivity contribution in [2.45, 2.75) is 63.8 Å². The minimum atomic E-state index is -0.235. The molecule has 5 heteroatoms. The Bertz CT molecular complexity index is 782. The van der Waals surface area contributed by atoms with Crippen LogP contribution in [0.1, 0.15) is 74.6 Å². The summed E-state index contributed by atoms with van der Waals surface area (Å²) in [6.07, 6.45) is 10.6. The van der Waals surface area contributed by atoms with Crippen LogP contribution in [0, 0.1) is 11.7 Å². The number of piperidine rings is 1. The SMILES string of the molecule is O=C(CC1CCCC1)N1CCCC[C@H]1c1ncc(Cc2ccccc2F)o1. The van der Waals surface area contributed by atoms with Crippen LogP contribution in [0.2, 0.25) is 0 Å². The van der Waals surface area contributed by atoms with Crippen LogP contribution in [0.15, 0.2) is 34.9 Å². The number of likely N-dealkylation sites (tertiary alicyclic amines) is 1. The second-order valence-electron chi connectivity index (χ2n) is 7.89. The average molecular weight is 370 g/mol. The molecule has 2 aliphatic rings. The number of aromatic nitrogens is 1. The first-order valence-electron chi connectivity index (χ1n) is 10.2. The quantitative estimate of drug-likeness (QED) is 0.741. The molecule has 1 aromatic carbocycles. The van der Waals surface area contributed by atoms with Crippen LogP contribution in [-0.2, 0) is 11.2 Å². The summed E-state index contributed by atoms with van der Waals surface area (Å²) in [5.74, 6) is 1.79. The number of amides is 1. The molecule has 0 N–H and O–H groups in total. The highest BCUT2D eigenvalue weighted by Crippen LogP contribution is 2.34. The summed E-state index contributed by atoms with van der Waals surface area (Å²) in [5, 5.41) is 0. The summed E-state index contributed by atoms with van der Waals surface area (Å²) >= 11 is 0. The van der Waals surface area contributed by atoms with E-state index in [0.29, 0.717) is 36.0 Å². The molecule has 2 aromatic rings. The molecule has 1 amide bonds. The Hall–Kier alpha value is -2.17. The monoisotopic (exact) mass is 370 g/mol. The van der Waals surface area contributed by atoms with Crippen LogP contribution in [0.25, 0.3) is 0 Å². The first-order valence-corrected chi connectivity index (χ1v) is 10.2. The zero-order valence-corrected chi connectivity index (χ0v) is 15.7. The highest BCUT2D eigenvalue weighted by Gasteiger charge is 2.32. The van der Waals surface area contributed by atoms with Gasteiger partial charge in [0, 0.05) is 19.4 Å². The molecule has 144 valence electrons. The molecule has 1 atom stereocenters. The maximum Gasteiger partial charge on any atom is 0.223 e. The van der Waals surface area contributed by atoms with Gasteiger partial charge in [-0.3, -0.25) is 4.79 Å². The van der Waals surface area contributed by atoms with Gasteiger partial charge in [-0.05, 0) is 49.7 Å². The van der Waals surface area contributed by atoms with Gasteiger partial charge in [-0.25, -0.2) is 9.37 Å². The number of oxazole rings is 1. The van der Waals surface area contributed by atoms with Gasteiger partial charge in [0.25, 0.3) is 0 Å². The van der Waals surface area contributed by atoms with Crippen molar-refractivity contribution in [3.8, 4) is 0 Å². The predicted molar refractivity (Wildman–Crippen MR) is 101 cm³/mol. The first kappa shape index (κ1) is 18.2. The van der Waals surface area contributed by atoms with E-state index in [1.165, 1.54) is 31.7 Å². The fraction of sp³-hybridized carbons (Fsp3) is 0.545. The lowest BCUT2D eigenvalue weighted by Crippen LogP contribution is -2.39. The number of carbonyl (C=O) groups excluding carboxylic acids is 1. The maximum absolute atomic E-state index is 13.9. The minimum absolute atomic E-state index is 0.0815. The molecule has 4 rings (SSSR count). The molecule has 1 aliphatic heterocycles. The summed E-state index contributed by atoms with van der Waals surface area (Å²) in [5.41, 5.74) is 0.595. The van der Waals surface area contributed by atoms with E-state index in [1.807, 2.05) is 11.0 Å². The van der Waals surface area contributed by atoms with Gasteiger partial charge < -0.3 is 9.32 Å². The number of halogens is 1. The molecular formula is C22H27FN2O2. The Labute approximate surface area is 159 Å². The normalized spacial score (nSPS) is 20.9. The Morgan fingerprint density at radius 2 is 1.93 bits per heavy atom. The van der Waals surface area contributed by atoms with Crippen LogP contribution in [-0.4, -0.2) is 22.3 Å². The third-order valence-electron chi connectivity index (χ3n) is 5.94. The van der Waals surface area contributed by atoms with Crippen molar-refractivity contribution < 1.29 is 13.6 Å². The van der Waals surface area contributed by atoms with Crippen LogP contribution in [0.5, 0.6) is 0 Å². The van der Waals surface area contributed by atoms with Crippen LogP contribution >= 0.6 is 0 Å². The van der Waals surface area contributed by atoms with Crippen LogP contribution < -0.4 is 0 Å². The van der Waals surface area contributed by atoms with Crippen molar-refractivity contribution >= 4 is 5.91 Å². The fourth-order valence-electron chi connectivity index (χ4n) is 4.45. The topological polar surface area (TPSA) is 46.3 Å². The fourth-order valence-corrected chi connectivity index (χ4v) is 4.45. The number of nitrogens with zero attached hydrogens (tertiary/aromatic N) is 2. The van der Waals surface area contributed by atoms with Gasteiger partial charge in [-0.1, -0.05) is 31.0 Å². The minimum Gasteiger partial charge on any atom is -0.443 e. The molecule has 2 heterocycles. The Morgan fingerprint density at radius 1 is 1.15 bits per heavy atom. The summed E-state index contributed by atoms with van der Waals surface area (Å²) in [7, 11) is 0. The second-order valence-corrected chi connectivity index (χ2v) is 7.89. The Kier molecular flexibility index (Phi) is 5.55. The Balaban J connectivity index is 1.46. The van der Waals surface area contributed by atoms with E-state index >= 15 is 0 Å². The molecule has 27 heavy (non-hydrogen) atoms. The molecular weight excluding hydrogens is 343 g/mol. The first-order chi connectivity index (χ1) is 13.2. The van der Waals surface area contributed by atoms with Crippen molar-refractivity contribution in [2.24, 2.45) is 5.92 Å². The Morgan fingerprint density at radius 3 is 2.74 bits per heavy atom. The predicted octanol–water partition coefficient (Wildman–Crippen LogP) is 5.04. The number of benzene rings is 1. The van der Waals surface area contributed by atoms with Gasteiger partial charge >= 0.3 is 0 Å². The van der Waals surface area contributed by atoms with E-state index < -0.39 is 0 Å². The highest BCUT2D eigenvalue weighted by atomic mass is 19.1. The maximum atomic E-state index is 13.9. The largest absolute Gasteiger partial charge is 0.443 e. The smallest absolute Gasteiger partial charge is 0.223 e. The van der Waals surface area contributed by atoms with E-state index in [9.17, 15) is 9.18 Å². The van der Waals surface area contributed by atoms with E-state index in [1.54, 1.807) is 18.3 Å². The van der Waals surface area contributed by atoms with Crippen molar-refractivity contribution in [1.82, 2.24) is 9.88 Å². The third kappa shape index (κ3) is 4.23. The zero-order chi connectivity index (χ0) is 18.6. The number of hydrogen-bond acceptors (Lipinski definition) is 3. The van der Waals surface area contributed by atoms with Crippen LogP contribution in [0.3, 0.4) is 0 Å². The number of rotatable bonds is 5. The van der Waals surface area contributed by atoms with Crippen molar-refractivity contribution in [1.29, 1.82) is 0 Å². The van der Waals surface area contributed by atoms with E-state index in [2.05, 4.69) is 4.98 Å². The van der Waals surface area contributed by atoms with Crippen molar-refractivity contribution in [2.75, 3.05) is 6.54 Å². The average Bonchev–Trinajstić information content (AvgIpc) is 3.36. The van der Waals surface area contributed by atoms with Crippen molar-refractivity contribution in [3.63, 3.8) is 0 Å². The molecule has 0 radical (unpaired) electrons. The summed E-state index contributed by atoms with van der Waals surface area (Å²) < 4.78 is 19.8. The third-order valence-corrected chi connectivity index (χ3v) is 5.94. The van der Waals surface area contributed by atoms with Gasteiger partial charge in [-0.15, -0.1) is 0 Å². The molecule has 0 bridgehead atoms. The van der Waals surface area contributed by atoms with E-state index in [0.717, 1.165) is 25.8 Å². The summed E-state index contributed by atoms with van der Waals surface area (Å²) in [6.45, 7) is 0.779. The molecule has 4 nitrogen and oxygen atoms in total. The van der Waals surface area contributed by atoms with Crippen molar-refractivity contribution in [3.05, 3.63) is 53.5 Å². The second kappa shape index (κ2) is 8.24. The lowest BCUT2D eigenvalue weighted by atomic mass is 9.98. The van der Waals surface area contributed by atoms with Gasteiger partial charge in [0.05, 0.1) is 6.20 Å². The molecule has 0 unspecified atom stereocenters. The zero-order valence-electron chi connectivity index (χ0n) is 15.7. The number of hydrogen-bond donors (Lipinski definition) is 0. The lowest BCUT2D eigenvalue weighted by molar-refractivity contribution is -0.136. The molecule has 0 spiro atoms. The van der Waals surface area contributed by atoms with Gasteiger partial charge in [0.1, 0.15) is 17.6 Å². The van der Waals surface area contributed by atoms with E-state index in [-0.39, 0.29) is 17.8 Å². The van der Waals surface area contributed by atoms with Gasteiger partial charge in [-0.2, -0.15) is 0 Å². The van der Waals surface area contributed by atoms with Gasteiger partial charge in [0.15, 0.2) is 0 Å². The van der Waals surface area contributed by atoms with Gasteiger partial charge in [0.2, 0.25) is 11.8 Å². The standard InChI is InChI=1S/C22H27FN2O2/c23-19-10-4-3-9-17(19)14-18-15-24-22(27-18)20-11-5-6-12-25(20)21(26)13-16-7-1-2-8-16/h3-4,9-10,15-16,20H,1-2,5-8,11-14H2/t20-/m0/s1. The van der Waals surface area contributed by atoms with Crippen LogP contribution in [0.4, 0.5) is 4.39 Å². The molecule has 1 saturated carbocycles.